The summed E-state index contributed by atoms with van der Waals surface area (Å²) in [5, 5.41) is 8.88. The number of hydrogen-bond donors (Lipinski definition) is 1. The third-order valence-electron chi connectivity index (χ3n) is 2.96. The average Bonchev–Trinajstić information content (AvgIpc) is 2.16. The minimum absolute atomic E-state index is 0.0544. The quantitative estimate of drug-likeness (QED) is 0.708. The molecule has 1 aliphatic rings. The molecule has 0 amide bonds. The topological polar surface area (TPSA) is 37.3 Å². The summed E-state index contributed by atoms with van der Waals surface area (Å²) in [6, 6.07) is 0. The van der Waals surface area contributed by atoms with Gasteiger partial charge in [-0.25, -0.2) is 0 Å². The van der Waals surface area contributed by atoms with E-state index in [4.69, 9.17) is 5.11 Å². The molecule has 0 aromatic carbocycles. The lowest BCUT2D eigenvalue weighted by Gasteiger charge is -2.32. The molecule has 0 bridgehead atoms. The number of carbonyl (C=O) groups is 1. The van der Waals surface area contributed by atoms with Crippen LogP contribution in [0.3, 0.4) is 0 Å². The number of hydrogen-bond acceptors (Lipinski definition) is 1. The Morgan fingerprint density at radius 1 is 1.38 bits per heavy atom. The van der Waals surface area contributed by atoms with Gasteiger partial charge in [0.05, 0.1) is 11.8 Å². The zero-order valence-corrected chi connectivity index (χ0v) is 8.84. The first-order valence-electron chi connectivity index (χ1n) is 5.08. The average molecular weight is 234 g/mol. The first-order chi connectivity index (χ1) is 7.36. The van der Waals surface area contributed by atoms with Crippen LogP contribution in [0.1, 0.15) is 26.2 Å². The summed E-state index contributed by atoms with van der Waals surface area (Å²) in [7, 11) is 0. The molecule has 0 heterocycles. The molecule has 0 aromatic rings. The van der Waals surface area contributed by atoms with Crippen LogP contribution in [-0.2, 0) is 4.79 Å². The van der Waals surface area contributed by atoms with E-state index in [2.05, 4.69) is 11.8 Å². The van der Waals surface area contributed by atoms with Crippen molar-refractivity contribution in [2.45, 2.75) is 32.4 Å². The molecule has 3 unspecified atom stereocenters. The molecule has 0 radical (unpaired) electrons. The second-order valence-electron chi connectivity index (χ2n) is 4.00. The molecule has 0 saturated heterocycles. The van der Waals surface area contributed by atoms with E-state index in [0.29, 0.717) is 0 Å². The van der Waals surface area contributed by atoms with Gasteiger partial charge in [-0.2, -0.15) is 13.2 Å². The summed E-state index contributed by atoms with van der Waals surface area (Å²) in [6.07, 6.45) is -4.49. The molecule has 16 heavy (non-hydrogen) atoms. The highest BCUT2D eigenvalue weighted by atomic mass is 19.4. The van der Waals surface area contributed by atoms with E-state index < -0.39 is 29.9 Å². The van der Waals surface area contributed by atoms with Gasteiger partial charge >= 0.3 is 12.1 Å². The van der Waals surface area contributed by atoms with Crippen LogP contribution in [0, 0.1) is 29.6 Å². The minimum Gasteiger partial charge on any atom is -0.481 e. The Labute approximate surface area is 91.8 Å². The van der Waals surface area contributed by atoms with E-state index in [-0.39, 0.29) is 19.3 Å². The molecular weight excluding hydrogens is 221 g/mol. The SMILES string of the molecule is CC#CC1CC(C(F)(F)F)CCC1C(=O)O. The maximum Gasteiger partial charge on any atom is 0.391 e. The van der Waals surface area contributed by atoms with Gasteiger partial charge in [-0.15, -0.1) is 5.92 Å². The molecule has 0 spiro atoms. The fourth-order valence-corrected chi connectivity index (χ4v) is 2.11. The van der Waals surface area contributed by atoms with Crippen molar-refractivity contribution < 1.29 is 23.1 Å². The lowest BCUT2D eigenvalue weighted by Crippen LogP contribution is -2.35. The number of alkyl halides is 3. The Hall–Kier alpha value is -1.18. The highest BCUT2D eigenvalue weighted by Gasteiger charge is 2.46. The second kappa shape index (κ2) is 4.77. The zero-order chi connectivity index (χ0) is 12.3. The Bertz CT molecular complexity index is 324. The summed E-state index contributed by atoms with van der Waals surface area (Å²) >= 11 is 0. The van der Waals surface area contributed by atoms with Gasteiger partial charge in [-0.3, -0.25) is 4.79 Å². The van der Waals surface area contributed by atoms with E-state index in [0.717, 1.165) is 0 Å². The van der Waals surface area contributed by atoms with Crippen molar-refractivity contribution in [2.75, 3.05) is 0 Å². The Balaban J connectivity index is 2.79. The van der Waals surface area contributed by atoms with Crippen molar-refractivity contribution in [1.29, 1.82) is 0 Å². The molecule has 1 N–H and O–H groups in total. The van der Waals surface area contributed by atoms with Crippen molar-refractivity contribution >= 4 is 5.97 Å². The van der Waals surface area contributed by atoms with E-state index in [1.165, 1.54) is 6.92 Å². The summed E-state index contributed by atoms with van der Waals surface area (Å²) in [4.78, 5) is 10.8. The largest absolute Gasteiger partial charge is 0.481 e. The van der Waals surface area contributed by atoms with Gasteiger partial charge in [-0.1, -0.05) is 5.92 Å². The summed E-state index contributed by atoms with van der Waals surface area (Å²) in [5.74, 6) is 1.21. The number of halogens is 3. The standard InChI is InChI=1S/C11H13F3O2/c1-2-3-7-6-8(11(12,13)14)4-5-9(7)10(15)16/h7-9H,4-6H2,1H3,(H,15,16). The van der Waals surface area contributed by atoms with Crippen molar-refractivity contribution in [2.24, 2.45) is 17.8 Å². The lowest BCUT2D eigenvalue weighted by molar-refractivity contribution is -0.189. The zero-order valence-electron chi connectivity index (χ0n) is 8.84. The normalized spacial score (nSPS) is 30.4. The summed E-state index contributed by atoms with van der Waals surface area (Å²) in [6.45, 7) is 1.51. The number of carboxylic acids is 1. The fourth-order valence-electron chi connectivity index (χ4n) is 2.11. The van der Waals surface area contributed by atoms with Crippen LogP contribution in [0.5, 0.6) is 0 Å². The molecule has 90 valence electrons. The molecule has 1 fully saturated rings. The van der Waals surface area contributed by atoms with E-state index in [9.17, 15) is 18.0 Å². The first-order valence-corrected chi connectivity index (χ1v) is 5.08. The molecule has 1 saturated carbocycles. The van der Waals surface area contributed by atoms with E-state index in [1.54, 1.807) is 0 Å². The van der Waals surface area contributed by atoms with Crippen molar-refractivity contribution in [3.8, 4) is 11.8 Å². The van der Waals surface area contributed by atoms with Crippen LogP contribution < -0.4 is 0 Å². The number of rotatable bonds is 1. The Kier molecular flexibility index (Phi) is 3.84. The minimum atomic E-state index is -4.24. The van der Waals surface area contributed by atoms with Crippen LogP contribution in [0.2, 0.25) is 0 Å². The third kappa shape index (κ3) is 2.91. The maximum absolute atomic E-state index is 12.5. The number of carboxylic acid groups (broad SMARTS) is 1. The number of aliphatic carboxylic acids is 1. The van der Waals surface area contributed by atoms with Crippen LogP contribution in [0.15, 0.2) is 0 Å². The Morgan fingerprint density at radius 3 is 2.44 bits per heavy atom. The molecule has 3 atom stereocenters. The summed E-state index contributed by atoms with van der Waals surface area (Å²) < 4.78 is 37.5. The van der Waals surface area contributed by atoms with Gasteiger partial charge < -0.3 is 5.11 Å². The predicted molar refractivity (Wildman–Crippen MR) is 51.5 cm³/mol. The summed E-state index contributed by atoms with van der Waals surface area (Å²) in [5.41, 5.74) is 0. The van der Waals surface area contributed by atoms with E-state index in [1.807, 2.05) is 0 Å². The molecule has 5 heteroatoms. The van der Waals surface area contributed by atoms with Crippen molar-refractivity contribution in [3.63, 3.8) is 0 Å². The Morgan fingerprint density at radius 2 is 2.00 bits per heavy atom. The van der Waals surface area contributed by atoms with Crippen molar-refractivity contribution in [3.05, 3.63) is 0 Å². The van der Waals surface area contributed by atoms with Gasteiger partial charge in [0.2, 0.25) is 0 Å². The molecule has 0 aromatic heterocycles. The van der Waals surface area contributed by atoms with Crippen molar-refractivity contribution in [1.82, 2.24) is 0 Å². The molecule has 2 nitrogen and oxygen atoms in total. The molecular formula is C11H13F3O2. The monoisotopic (exact) mass is 234 g/mol. The molecule has 1 aliphatic carbocycles. The highest BCUT2D eigenvalue weighted by Crippen LogP contribution is 2.42. The highest BCUT2D eigenvalue weighted by molar-refractivity contribution is 5.71. The fraction of sp³-hybridized carbons (Fsp3) is 0.727. The molecule has 0 aliphatic heterocycles. The van der Waals surface area contributed by atoms with Gasteiger partial charge in [-0.05, 0) is 26.2 Å². The van der Waals surface area contributed by atoms with Gasteiger partial charge in [0.25, 0.3) is 0 Å². The van der Waals surface area contributed by atoms with Crippen LogP contribution >= 0.6 is 0 Å². The van der Waals surface area contributed by atoms with Gasteiger partial charge in [0.15, 0.2) is 0 Å². The van der Waals surface area contributed by atoms with Crippen LogP contribution in [0.4, 0.5) is 13.2 Å². The van der Waals surface area contributed by atoms with Gasteiger partial charge in [0, 0.05) is 5.92 Å². The van der Waals surface area contributed by atoms with Crippen LogP contribution in [-0.4, -0.2) is 17.3 Å². The lowest BCUT2D eigenvalue weighted by atomic mass is 9.74. The first kappa shape index (κ1) is 12.9. The van der Waals surface area contributed by atoms with E-state index >= 15 is 0 Å². The smallest absolute Gasteiger partial charge is 0.391 e. The van der Waals surface area contributed by atoms with Crippen LogP contribution in [0.25, 0.3) is 0 Å². The molecule has 1 rings (SSSR count). The third-order valence-corrected chi connectivity index (χ3v) is 2.96. The predicted octanol–water partition coefficient (Wildman–Crippen LogP) is 2.69. The van der Waals surface area contributed by atoms with Gasteiger partial charge in [0.1, 0.15) is 0 Å². The maximum atomic E-state index is 12.5. The second-order valence-corrected chi connectivity index (χ2v) is 4.00.